The van der Waals surface area contributed by atoms with Gasteiger partial charge in [0.15, 0.2) is 0 Å². The first-order valence-corrected chi connectivity index (χ1v) is 11.0. The standard InChI is InChI=1S/C19H22BrN3O3S/c1-14(2)16-9-7-15(8-10-16)12-21-22-19(24)13-23(27(3,25)26)18-6-4-5-17(20)11-18/h4-12,14H,13H2,1-3H3,(H,22,24)/b21-12+. The van der Waals surface area contributed by atoms with Crippen molar-refractivity contribution in [2.45, 2.75) is 19.8 Å². The summed E-state index contributed by atoms with van der Waals surface area (Å²) in [6.45, 7) is 3.86. The molecule has 2 rings (SSSR count). The maximum absolute atomic E-state index is 12.1. The van der Waals surface area contributed by atoms with Gasteiger partial charge in [0.05, 0.1) is 18.2 Å². The highest BCUT2D eigenvalue weighted by Crippen LogP contribution is 2.21. The Balaban J connectivity index is 2.03. The van der Waals surface area contributed by atoms with Gasteiger partial charge in [-0.2, -0.15) is 5.10 Å². The molecular formula is C19H22BrN3O3S. The van der Waals surface area contributed by atoms with Crippen LogP contribution in [0.2, 0.25) is 0 Å². The van der Waals surface area contributed by atoms with Crippen molar-refractivity contribution in [3.05, 3.63) is 64.1 Å². The number of halogens is 1. The van der Waals surface area contributed by atoms with E-state index in [1.54, 1.807) is 24.3 Å². The molecule has 0 aliphatic heterocycles. The third-order valence-corrected chi connectivity index (χ3v) is 5.42. The van der Waals surface area contributed by atoms with E-state index in [1.165, 1.54) is 11.8 Å². The average Bonchev–Trinajstić information content (AvgIpc) is 2.59. The van der Waals surface area contributed by atoms with Gasteiger partial charge in [-0.15, -0.1) is 0 Å². The zero-order valence-electron chi connectivity index (χ0n) is 15.4. The van der Waals surface area contributed by atoms with Crippen LogP contribution >= 0.6 is 15.9 Å². The van der Waals surface area contributed by atoms with Crippen LogP contribution in [0.15, 0.2) is 58.1 Å². The van der Waals surface area contributed by atoms with E-state index in [0.29, 0.717) is 11.6 Å². The van der Waals surface area contributed by atoms with E-state index in [0.717, 1.165) is 20.6 Å². The monoisotopic (exact) mass is 451 g/mol. The highest BCUT2D eigenvalue weighted by molar-refractivity contribution is 9.10. The Labute approximate surface area is 168 Å². The molecule has 0 heterocycles. The smallest absolute Gasteiger partial charge is 0.260 e. The van der Waals surface area contributed by atoms with Crippen molar-refractivity contribution >= 4 is 43.8 Å². The summed E-state index contributed by atoms with van der Waals surface area (Å²) in [7, 11) is -3.62. The van der Waals surface area contributed by atoms with Gasteiger partial charge in [0.2, 0.25) is 10.0 Å². The van der Waals surface area contributed by atoms with Crippen LogP contribution in [-0.4, -0.2) is 33.3 Å². The normalized spacial score (nSPS) is 11.7. The topological polar surface area (TPSA) is 78.8 Å². The van der Waals surface area contributed by atoms with E-state index in [2.05, 4.69) is 40.3 Å². The van der Waals surface area contributed by atoms with Crippen molar-refractivity contribution in [3.63, 3.8) is 0 Å². The minimum atomic E-state index is -3.62. The predicted octanol–water partition coefficient (Wildman–Crippen LogP) is 3.49. The highest BCUT2D eigenvalue weighted by Gasteiger charge is 2.20. The van der Waals surface area contributed by atoms with Gasteiger partial charge in [-0.1, -0.05) is 60.1 Å². The fourth-order valence-electron chi connectivity index (χ4n) is 2.34. The van der Waals surface area contributed by atoms with Crippen LogP contribution in [0.1, 0.15) is 30.9 Å². The molecule has 2 aromatic rings. The predicted molar refractivity (Wildman–Crippen MR) is 113 cm³/mol. The van der Waals surface area contributed by atoms with Crippen molar-refractivity contribution in [3.8, 4) is 0 Å². The number of nitrogens with one attached hydrogen (secondary N) is 1. The molecular weight excluding hydrogens is 430 g/mol. The Bertz CT molecular complexity index is 925. The van der Waals surface area contributed by atoms with Gasteiger partial charge in [0, 0.05) is 4.47 Å². The van der Waals surface area contributed by atoms with E-state index in [9.17, 15) is 13.2 Å². The highest BCUT2D eigenvalue weighted by atomic mass is 79.9. The van der Waals surface area contributed by atoms with Gasteiger partial charge in [-0.05, 0) is 35.2 Å². The molecule has 27 heavy (non-hydrogen) atoms. The van der Waals surface area contributed by atoms with E-state index >= 15 is 0 Å². The first kappa shape index (κ1) is 21.1. The first-order valence-electron chi connectivity index (χ1n) is 8.32. The van der Waals surface area contributed by atoms with Gasteiger partial charge in [0.25, 0.3) is 5.91 Å². The zero-order chi connectivity index (χ0) is 20.0. The number of rotatable bonds is 7. The SMILES string of the molecule is CC(C)c1ccc(/C=N/NC(=O)CN(c2cccc(Br)c2)S(C)(=O)=O)cc1. The van der Waals surface area contributed by atoms with Gasteiger partial charge in [0.1, 0.15) is 6.54 Å². The molecule has 0 radical (unpaired) electrons. The molecule has 0 saturated heterocycles. The molecule has 0 aromatic heterocycles. The molecule has 0 spiro atoms. The lowest BCUT2D eigenvalue weighted by atomic mass is 10.0. The second kappa shape index (κ2) is 9.14. The van der Waals surface area contributed by atoms with Crippen LogP contribution in [0.3, 0.4) is 0 Å². The number of amides is 1. The third-order valence-electron chi connectivity index (χ3n) is 3.79. The molecule has 0 aliphatic rings. The summed E-state index contributed by atoms with van der Waals surface area (Å²) >= 11 is 3.30. The van der Waals surface area contributed by atoms with Crippen molar-refractivity contribution in [2.75, 3.05) is 17.1 Å². The summed E-state index contributed by atoms with van der Waals surface area (Å²) < 4.78 is 25.9. The van der Waals surface area contributed by atoms with Crippen LogP contribution in [0.5, 0.6) is 0 Å². The lowest BCUT2D eigenvalue weighted by Crippen LogP contribution is -2.39. The molecule has 0 aliphatic carbocycles. The van der Waals surface area contributed by atoms with Crippen LogP contribution < -0.4 is 9.73 Å². The second-order valence-corrected chi connectivity index (χ2v) is 9.19. The maximum Gasteiger partial charge on any atom is 0.260 e. The minimum absolute atomic E-state index is 0.362. The van der Waals surface area contributed by atoms with Crippen molar-refractivity contribution in [1.82, 2.24) is 5.43 Å². The molecule has 6 nitrogen and oxygen atoms in total. The molecule has 1 N–H and O–H groups in total. The molecule has 1 amide bonds. The number of hydrogen-bond acceptors (Lipinski definition) is 4. The van der Waals surface area contributed by atoms with E-state index in [-0.39, 0.29) is 6.54 Å². The number of carbonyl (C=O) groups is 1. The largest absolute Gasteiger partial charge is 0.271 e. The molecule has 0 unspecified atom stereocenters. The molecule has 0 saturated carbocycles. The Morgan fingerprint density at radius 1 is 1.22 bits per heavy atom. The van der Waals surface area contributed by atoms with Crippen LogP contribution in [-0.2, 0) is 14.8 Å². The Kier molecular flexibility index (Phi) is 7.15. The van der Waals surface area contributed by atoms with Crippen LogP contribution in [0, 0.1) is 0 Å². The number of carbonyl (C=O) groups excluding carboxylic acids is 1. The van der Waals surface area contributed by atoms with Crippen LogP contribution in [0.4, 0.5) is 5.69 Å². The summed E-state index contributed by atoms with van der Waals surface area (Å²) in [5.41, 5.74) is 4.82. The summed E-state index contributed by atoms with van der Waals surface area (Å²) in [6.07, 6.45) is 2.58. The molecule has 8 heteroatoms. The number of hydrazone groups is 1. The fraction of sp³-hybridized carbons (Fsp3) is 0.263. The maximum atomic E-state index is 12.1. The molecule has 0 bridgehead atoms. The molecule has 144 valence electrons. The first-order chi connectivity index (χ1) is 12.7. The van der Waals surface area contributed by atoms with Gasteiger partial charge < -0.3 is 0 Å². The molecule has 0 fully saturated rings. The summed E-state index contributed by atoms with van der Waals surface area (Å²) in [4.78, 5) is 12.1. The van der Waals surface area contributed by atoms with E-state index < -0.39 is 15.9 Å². The average molecular weight is 452 g/mol. The van der Waals surface area contributed by atoms with Crippen molar-refractivity contribution in [2.24, 2.45) is 5.10 Å². The molecule has 2 aromatic carbocycles. The summed E-state index contributed by atoms with van der Waals surface area (Å²) in [5.74, 6) is -0.0915. The quantitative estimate of drug-likeness (QED) is 0.516. The lowest BCUT2D eigenvalue weighted by molar-refractivity contribution is -0.119. The number of benzene rings is 2. The summed E-state index contributed by atoms with van der Waals surface area (Å²) in [5, 5.41) is 3.91. The minimum Gasteiger partial charge on any atom is -0.271 e. The second-order valence-electron chi connectivity index (χ2n) is 6.36. The van der Waals surface area contributed by atoms with Gasteiger partial charge in [-0.3, -0.25) is 9.10 Å². The van der Waals surface area contributed by atoms with Crippen molar-refractivity contribution < 1.29 is 13.2 Å². The number of hydrogen-bond donors (Lipinski definition) is 1. The Morgan fingerprint density at radius 3 is 2.44 bits per heavy atom. The van der Waals surface area contributed by atoms with Gasteiger partial charge in [-0.25, -0.2) is 13.8 Å². The number of anilines is 1. The Hall–Kier alpha value is -2.19. The fourth-order valence-corrected chi connectivity index (χ4v) is 3.58. The number of nitrogens with zero attached hydrogens (tertiary/aromatic N) is 2. The summed E-state index contributed by atoms with van der Waals surface area (Å²) in [6, 6.07) is 14.6. The van der Waals surface area contributed by atoms with E-state index in [4.69, 9.17) is 0 Å². The number of sulfonamides is 1. The Morgan fingerprint density at radius 2 is 1.89 bits per heavy atom. The van der Waals surface area contributed by atoms with Gasteiger partial charge >= 0.3 is 0 Å². The van der Waals surface area contributed by atoms with Crippen LogP contribution in [0.25, 0.3) is 0 Å². The molecule has 0 atom stereocenters. The van der Waals surface area contributed by atoms with Crippen molar-refractivity contribution in [1.29, 1.82) is 0 Å². The van der Waals surface area contributed by atoms with E-state index in [1.807, 2.05) is 24.3 Å². The third kappa shape index (κ3) is 6.48. The zero-order valence-corrected chi connectivity index (χ0v) is 17.8. The lowest BCUT2D eigenvalue weighted by Gasteiger charge is -2.21.